The van der Waals surface area contributed by atoms with Gasteiger partial charge >= 0.3 is 0 Å². The summed E-state index contributed by atoms with van der Waals surface area (Å²) in [5, 5.41) is 0. The minimum atomic E-state index is -3.58. The average Bonchev–Trinajstić information content (AvgIpc) is 1.80. The lowest BCUT2D eigenvalue weighted by Crippen LogP contribution is -2.32. The van der Waals surface area contributed by atoms with E-state index < -0.39 is 22.1 Å². The third kappa shape index (κ3) is 6.08. The zero-order valence-corrected chi connectivity index (χ0v) is 7.72. The molecule has 6 nitrogen and oxygen atoms in total. The van der Waals surface area contributed by atoms with E-state index in [-0.39, 0.29) is 11.9 Å². The van der Waals surface area contributed by atoms with Gasteiger partial charge in [-0.25, -0.2) is 0 Å². The van der Waals surface area contributed by atoms with E-state index in [0.29, 0.717) is 0 Å². The van der Waals surface area contributed by atoms with Gasteiger partial charge in [-0.3, -0.25) is 8.98 Å². The van der Waals surface area contributed by atoms with Crippen LogP contribution in [0.4, 0.5) is 0 Å². The Morgan fingerprint density at radius 1 is 1.58 bits per heavy atom. The molecule has 0 aromatic rings. The van der Waals surface area contributed by atoms with Gasteiger partial charge in [-0.1, -0.05) is 6.92 Å². The van der Waals surface area contributed by atoms with Crippen molar-refractivity contribution in [2.24, 2.45) is 5.73 Å². The first-order chi connectivity index (χ1) is 4.87. The Kier molecular flexibility index (Phi) is 5.87. The summed E-state index contributed by atoms with van der Waals surface area (Å²) >= 11 is 0. The first-order valence-corrected chi connectivity index (χ1v) is 4.86. The predicted octanol–water partition coefficient (Wildman–Crippen LogP) is -1.60. The molecule has 12 heavy (non-hydrogen) atoms. The summed E-state index contributed by atoms with van der Waals surface area (Å²) in [5.74, 6) is -0.766. The molecule has 1 unspecified atom stereocenters. The molecule has 1 amide bonds. The van der Waals surface area contributed by atoms with E-state index in [1.807, 2.05) is 0 Å². The van der Waals surface area contributed by atoms with Crippen molar-refractivity contribution >= 4 is 16.0 Å². The predicted molar refractivity (Wildman–Crippen MR) is 42.8 cm³/mol. The fourth-order valence-electron chi connectivity index (χ4n) is 0.528. The normalized spacial score (nSPS) is 13.2. The summed E-state index contributed by atoms with van der Waals surface area (Å²) in [4.78, 5) is 10.4. The van der Waals surface area contributed by atoms with Crippen molar-refractivity contribution in [1.29, 1.82) is 0 Å². The van der Waals surface area contributed by atoms with Gasteiger partial charge < -0.3 is 11.2 Å². The molecule has 0 aromatic carbocycles. The fourth-order valence-corrected chi connectivity index (χ4v) is 1.18. The fraction of sp³-hybridized carbons (Fsp3) is 0.800. The molecule has 0 radical (unpaired) electrons. The second kappa shape index (κ2) is 5.07. The molecule has 1 atom stereocenters. The molecule has 0 saturated carbocycles. The van der Waals surface area contributed by atoms with Crippen molar-refractivity contribution in [2.45, 2.75) is 19.4 Å². The number of hydrogen-bond donors (Lipinski definition) is 1. The first-order valence-electron chi connectivity index (χ1n) is 3.04. The third-order valence-electron chi connectivity index (χ3n) is 0.979. The van der Waals surface area contributed by atoms with E-state index in [1.54, 1.807) is 6.92 Å². The Balaban J connectivity index is 0. The molecule has 0 aliphatic carbocycles. The molecule has 0 aromatic heterocycles. The Labute approximate surface area is 71.1 Å². The van der Waals surface area contributed by atoms with E-state index in [4.69, 9.17) is 5.73 Å². The highest BCUT2D eigenvalue weighted by atomic mass is 32.2. The van der Waals surface area contributed by atoms with Crippen LogP contribution in [0.15, 0.2) is 0 Å². The lowest BCUT2D eigenvalue weighted by atomic mass is 10.3. The standard InChI is InChI=1S/C5H11NO4S.H2O/c1-3-4(5(6)7)10-11(2,8)9;/h4H,3H2,1-2H3,(H2,6,7);1H2. The summed E-state index contributed by atoms with van der Waals surface area (Å²) in [6, 6.07) is 0. The van der Waals surface area contributed by atoms with Crippen LogP contribution in [0.1, 0.15) is 13.3 Å². The van der Waals surface area contributed by atoms with Crippen LogP contribution in [0.2, 0.25) is 0 Å². The molecular formula is C5H13NO5S. The van der Waals surface area contributed by atoms with Crippen molar-refractivity contribution in [2.75, 3.05) is 6.26 Å². The van der Waals surface area contributed by atoms with Crippen LogP contribution in [0.5, 0.6) is 0 Å². The van der Waals surface area contributed by atoms with Gasteiger partial charge in [0, 0.05) is 0 Å². The van der Waals surface area contributed by atoms with Crippen LogP contribution < -0.4 is 5.73 Å². The minimum Gasteiger partial charge on any atom is -0.412 e. The molecule has 0 aliphatic rings. The number of nitrogens with two attached hydrogens (primary N) is 1. The maximum Gasteiger partial charge on any atom is 0.265 e. The van der Waals surface area contributed by atoms with Crippen LogP contribution >= 0.6 is 0 Å². The maximum atomic E-state index is 10.5. The maximum absolute atomic E-state index is 10.5. The zero-order chi connectivity index (χ0) is 9.07. The van der Waals surface area contributed by atoms with Gasteiger partial charge in [0.2, 0.25) is 5.91 Å². The van der Waals surface area contributed by atoms with Gasteiger partial charge in [0.05, 0.1) is 6.26 Å². The minimum absolute atomic E-state index is 0. The lowest BCUT2D eigenvalue weighted by molar-refractivity contribution is -0.124. The Hall–Kier alpha value is -0.660. The molecular weight excluding hydrogens is 186 g/mol. The van der Waals surface area contributed by atoms with Crippen molar-refractivity contribution in [3.63, 3.8) is 0 Å². The Morgan fingerprint density at radius 2 is 2.00 bits per heavy atom. The van der Waals surface area contributed by atoms with Crippen LogP contribution in [0.25, 0.3) is 0 Å². The summed E-state index contributed by atoms with van der Waals surface area (Å²) in [6.45, 7) is 1.61. The Morgan fingerprint density at radius 3 is 2.08 bits per heavy atom. The molecule has 4 N–H and O–H groups in total. The van der Waals surface area contributed by atoms with Crippen LogP contribution in [-0.4, -0.2) is 32.2 Å². The van der Waals surface area contributed by atoms with Gasteiger partial charge in [-0.2, -0.15) is 8.42 Å². The molecule has 0 spiro atoms. The molecule has 74 valence electrons. The first kappa shape index (κ1) is 13.9. The van der Waals surface area contributed by atoms with E-state index in [1.165, 1.54) is 0 Å². The second-order valence-corrected chi connectivity index (χ2v) is 3.70. The number of carbonyl (C=O) groups excluding carboxylic acids is 1. The van der Waals surface area contributed by atoms with E-state index >= 15 is 0 Å². The van der Waals surface area contributed by atoms with Gasteiger partial charge in [0.1, 0.15) is 0 Å². The van der Waals surface area contributed by atoms with Crippen molar-refractivity contribution in [1.82, 2.24) is 0 Å². The van der Waals surface area contributed by atoms with Gasteiger partial charge in [-0.05, 0) is 6.42 Å². The summed E-state index contributed by atoms with van der Waals surface area (Å²) in [6.07, 6.45) is 0.0890. The van der Waals surface area contributed by atoms with E-state index in [9.17, 15) is 13.2 Å². The zero-order valence-electron chi connectivity index (χ0n) is 6.90. The van der Waals surface area contributed by atoms with Gasteiger partial charge in [0.15, 0.2) is 6.10 Å². The largest absolute Gasteiger partial charge is 0.412 e. The Bertz CT molecular complexity index is 234. The smallest absolute Gasteiger partial charge is 0.265 e. The van der Waals surface area contributed by atoms with Crippen LogP contribution in [0, 0.1) is 0 Å². The van der Waals surface area contributed by atoms with Crippen LogP contribution in [-0.2, 0) is 19.1 Å². The monoisotopic (exact) mass is 199 g/mol. The summed E-state index contributed by atoms with van der Waals surface area (Å²) < 4.78 is 25.3. The molecule has 0 rings (SSSR count). The average molecular weight is 199 g/mol. The second-order valence-electron chi connectivity index (χ2n) is 2.10. The number of rotatable bonds is 4. The van der Waals surface area contributed by atoms with Crippen LogP contribution in [0.3, 0.4) is 0 Å². The topological polar surface area (TPSA) is 118 Å². The van der Waals surface area contributed by atoms with Gasteiger partial charge in [-0.15, -0.1) is 0 Å². The van der Waals surface area contributed by atoms with Crippen molar-refractivity contribution in [3.05, 3.63) is 0 Å². The third-order valence-corrected chi connectivity index (χ3v) is 1.56. The van der Waals surface area contributed by atoms with E-state index in [0.717, 1.165) is 6.26 Å². The van der Waals surface area contributed by atoms with Crippen molar-refractivity contribution < 1.29 is 22.9 Å². The quantitative estimate of drug-likeness (QED) is 0.548. The molecule has 0 saturated heterocycles. The SMILES string of the molecule is CCC(OS(C)(=O)=O)C(N)=O.O. The highest BCUT2D eigenvalue weighted by Crippen LogP contribution is 2.00. The summed E-state index contributed by atoms with van der Waals surface area (Å²) in [5.41, 5.74) is 4.83. The summed E-state index contributed by atoms with van der Waals surface area (Å²) in [7, 11) is -3.58. The number of amides is 1. The molecule has 0 heterocycles. The van der Waals surface area contributed by atoms with E-state index in [2.05, 4.69) is 4.18 Å². The van der Waals surface area contributed by atoms with Crippen molar-refractivity contribution in [3.8, 4) is 0 Å². The molecule has 0 aliphatic heterocycles. The number of carbonyl (C=O) groups is 1. The molecule has 0 bridgehead atoms. The lowest BCUT2D eigenvalue weighted by Gasteiger charge is -2.08. The van der Waals surface area contributed by atoms with Gasteiger partial charge in [0.25, 0.3) is 10.1 Å². The number of hydrogen-bond acceptors (Lipinski definition) is 4. The molecule has 7 heteroatoms. The molecule has 0 fully saturated rings. The highest BCUT2D eigenvalue weighted by Gasteiger charge is 2.18. The number of primary amides is 1. The highest BCUT2D eigenvalue weighted by molar-refractivity contribution is 7.86.